The lowest BCUT2D eigenvalue weighted by Gasteiger charge is -2.17. The number of nitrogens with two attached hydrogens (primary N) is 1. The molecule has 1 aliphatic rings. The Balaban J connectivity index is 2.24. The monoisotopic (exact) mass is 191 g/mol. The van der Waals surface area contributed by atoms with E-state index in [-0.39, 0.29) is 17.6 Å². The van der Waals surface area contributed by atoms with E-state index in [1.165, 1.54) is 0 Å². The van der Waals surface area contributed by atoms with Crippen LogP contribution in [0.1, 0.15) is 13.8 Å². The molecule has 1 fully saturated rings. The van der Waals surface area contributed by atoms with Gasteiger partial charge < -0.3 is 15.2 Å². The molecule has 1 unspecified atom stereocenters. The third kappa shape index (κ3) is 2.91. The first kappa shape index (κ1) is 9.67. The summed E-state index contributed by atoms with van der Waals surface area (Å²) in [7, 11) is 0. The molecule has 1 amide bonds. The fourth-order valence-electron chi connectivity index (χ4n) is 1.02. The molecule has 1 heterocycles. The van der Waals surface area contributed by atoms with Gasteiger partial charge in [-0.2, -0.15) is 0 Å². The minimum Gasteiger partial charge on any atom is -0.447 e. The number of carbonyl (C=O) groups is 1. The molecule has 2 N–H and O–H groups in total. The number of ether oxygens (including phenoxy) is 2. The zero-order chi connectivity index (χ0) is 9.19. The molecule has 0 spiro atoms. The summed E-state index contributed by atoms with van der Waals surface area (Å²) in [5, 5.41) is 0. The highest BCUT2D eigenvalue weighted by Crippen LogP contribution is 2.35. The molecule has 1 rings (SSSR count). The molecular weight excluding hydrogens is 178 g/mol. The maximum atomic E-state index is 10.3. The summed E-state index contributed by atoms with van der Waals surface area (Å²) < 4.78 is 10.1. The summed E-state index contributed by atoms with van der Waals surface area (Å²) in [5.41, 5.74) is 4.81. The molecule has 0 aromatic rings. The molecule has 0 saturated carbocycles. The van der Waals surface area contributed by atoms with Crippen LogP contribution in [0.3, 0.4) is 0 Å². The van der Waals surface area contributed by atoms with Gasteiger partial charge in [-0.3, -0.25) is 0 Å². The van der Waals surface area contributed by atoms with Gasteiger partial charge in [-0.15, -0.1) is 11.8 Å². The van der Waals surface area contributed by atoms with Crippen molar-refractivity contribution in [3.8, 4) is 0 Å². The Morgan fingerprint density at radius 3 is 2.92 bits per heavy atom. The molecule has 0 aliphatic carbocycles. The van der Waals surface area contributed by atoms with Crippen molar-refractivity contribution >= 4 is 17.9 Å². The molecule has 0 aromatic carbocycles. The van der Waals surface area contributed by atoms with Crippen LogP contribution in [-0.2, 0) is 9.47 Å². The van der Waals surface area contributed by atoms with Gasteiger partial charge in [-0.05, 0) is 13.8 Å². The van der Waals surface area contributed by atoms with Gasteiger partial charge in [0.2, 0.25) is 0 Å². The molecule has 0 radical (unpaired) electrons. The van der Waals surface area contributed by atoms with E-state index in [1.54, 1.807) is 11.8 Å². The van der Waals surface area contributed by atoms with Gasteiger partial charge in [0.05, 0.1) is 0 Å². The van der Waals surface area contributed by atoms with E-state index in [9.17, 15) is 4.79 Å². The SMILES string of the molecule is CC1(C)OC(COC(N)=O)CS1. The Morgan fingerprint density at radius 1 is 1.83 bits per heavy atom. The number of primary amides is 1. The lowest BCUT2D eigenvalue weighted by molar-refractivity contribution is -0.0166. The summed E-state index contributed by atoms with van der Waals surface area (Å²) in [5.74, 6) is 0.848. The topological polar surface area (TPSA) is 61.6 Å². The number of thioether (sulfide) groups is 1. The van der Waals surface area contributed by atoms with Crippen LogP contribution in [0.25, 0.3) is 0 Å². The van der Waals surface area contributed by atoms with Gasteiger partial charge in [0, 0.05) is 5.75 Å². The fraction of sp³-hybridized carbons (Fsp3) is 0.857. The van der Waals surface area contributed by atoms with Crippen LogP contribution in [0.15, 0.2) is 0 Å². The molecule has 1 atom stereocenters. The summed E-state index contributed by atoms with van der Waals surface area (Å²) >= 11 is 1.70. The standard InChI is InChI=1S/C7H13NO3S/c1-7(2)11-5(4-12-7)3-10-6(8)9/h5H,3-4H2,1-2H3,(H2,8,9). The van der Waals surface area contributed by atoms with Crippen molar-refractivity contribution in [1.82, 2.24) is 0 Å². The summed E-state index contributed by atoms with van der Waals surface area (Å²) in [4.78, 5) is 10.1. The largest absolute Gasteiger partial charge is 0.447 e. The summed E-state index contributed by atoms with van der Waals surface area (Å²) in [6.45, 7) is 4.23. The molecule has 1 aliphatic heterocycles. The van der Waals surface area contributed by atoms with Crippen LogP contribution in [0.2, 0.25) is 0 Å². The van der Waals surface area contributed by atoms with Crippen LogP contribution >= 0.6 is 11.8 Å². The van der Waals surface area contributed by atoms with Gasteiger partial charge in [0.15, 0.2) is 0 Å². The quantitative estimate of drug-likeness (QED) is 0.706. The van der Waals surface area contributed by atoms with Gasteiger partial charge in [-0.25, -0.2) is 4.79 Å². The highest BCUT2D eigenvalue weighted by Gasteiger charge is 2.32. The highest BCUT2D eigenvalue weighted by molar-refractivity contribution is 8.00. The van der Waals surface area contributed by atoms with Crippen LogP contribution in [0.5, 0.6) is 0 Å². The van der Waals surface area contributed by atoms with Crippen LogP contribution in [0.4, 0.5) is 4.79 Å². The first-order valence-corrected chi connectivity index (χ1v) is 4.72. The van der Waals surface area contributed by atoms with Crippen molar-refractivity contribution in [2.45, 2.75) is 24.9 Å². The first-order chi connectivity index (χ1) is 5.49. The fourth-order valence-corrected chi connectivity index (χ4v) is 1.98. The van der Waals surface area contributed by atoms with Gasteiger partial charge >= 0.3 is 6.09 Å². The van der Waals surface area contributed by atoms with E-state index in [4.69, 9.17) is 10.5 Å². The zero-order valence-electron chi connectivity index (χ0n) is 7.20. The molecule has 1 saturated heterocycles. The minimum atomic E-state index is -0.742. The Kier molecular flexibility index (Phi) is 2.85. The van der Waals surface area contributed by atoms with E-state index in [2.05, 4.69) is 4.74 Å². The summed E-state index contributed by atoms with van der Waals surface area (Å²) in [6.07, 6.45) is -0.759. The Hall–Kier alpha value is -0.420. The molecule has 0 bridgehead atoms. The van der Waals surface area contributed by atoms with Gasteiger partial charge in [0.25, 0.3) is 0 Å². The van der Waals surface area contributed by atoms with Crippen molar-refractivity contribution in [3.63, 3.8) is 0 Å². The van der Waals surface area contributed by atoms with Crippen LogP contribution in [-0.4, -0.2) is 29.5 Å². The van der Waals surface area contributed by atoms with E-state index in [1.807, 2.05) is 13.8 Å². The summed E-state index contributed by atoms with van der Waals surface area (Å²) in [6, 6.07) is 0. The normalized spacial score (nSPS) is 27.0. The second-order valence-corrected chi connectivity index (χ2v) is 4.69. The predicted molar refractivity (Wildman–Crippen MR) is 46.9 cm³/mol. The maximum absolute atomic E-state index is 10.3. The lowest BCUT2D eigenvalue weighted by Crippen LogP contribution is -2.26. The first-order valence-electron chi connectivity index (χ1n) is 3.73. The van der Waals surface area contributed by atoms with Crippen molar-refractivity contribution in [1.29, 1.82) is 0 Å². The second kappa shape index (κ2) is 3.53. The number of amides is 1. The smallest absolute Gasteiger partial charge is 0.404 e. The van der Waals surface area contributed by atoms with E-state index >= 15 is 0 Å². The number of hydrogen-bond donors (Lipinski definition) is 1. The average Bonchev–Trinajstić information content (AvgIpc) is 2.26. The zero-order valence-corrected chi connectivity index (χ0v) is 8.02. The Labute approximate surface area is 75.8 Å². The minimum absolute atomic E-state index is 0.0162. The molecule has 0 aromatic heterocycles. The molecule has 5 heteroatoms. The van der Waals surface area contributed by atoms with Gasteiger partial charge in [-0.1, -0.05) is 0 Å². The molecule has 4 nitrogen and oxygen atoms in total. The molecule has 12 heavy (non-hydrogen) atoms. The highest BCUT2D eigenvalue weighted by atomic mass is 32.2. The predicted octanol–water partition coefficient (Wildman–Crippen LogP) is 0.950. The molecular formula is C7H13NO3S. The molecule has 70 valence electrons. The van der Waals surface area contributed by atoms with Crippen molar-refractivity contribution in [2.75, 3.05) is 12.4 Å². The Bertz CT molecular complexity index is 183. The lowest BCUT2D eigenvalue weighted by atomic mass is 10.4. The third-order valence-electron chi connectivity index (χ3n) is 1.48. The average molecular weight is 191 g/mol. The van der Waals surface area contributed by atoms with E-state index in [0.29, 0.717) is 0 Å². The maximum Gasteiger partial charge on any atom is 0.404 e. The number of carbonyl (C=O) groups excluding carboxylic acids is 1. The van der Waals surface area contributed by atoms with Crippen molar-refractivity contribution in [2.24, 2.45) is 5.73 Å². The van der Waals surface area contributed by atoms with Crippen molar-refractivity contribution < 1.29 is 14.3 Å². The third-order valence-corrected chi connectivity index (χ3v) is 2.81. The van der Waals surface area contributed by atoms with Crippen LogP contribution in [0, 0.1) is 0 Å². The van der Waals surface area contributed by atoms with Crippen molar-refractivity contribution in [3.05, 3.63) is 0 Å². The van der Waals surface area contributed by atoms with Gasteiger partial charge in [0.1, 0.15) is 17.6 Å². The second-order valence-electron chi connectivity index (χ2n) is 3.08. The number of hydrogen-bond acceptors (Lipinski definition) is 4. The Morgan fingerprint density at radius 2 is 2.50 bits per heavy atom. The van der Waals surface area contributed by atoms with E-state index in [0.717, 1.165) is 5.75 Å². The van der Waals surface area contributed by atoms with E-state index < -0.39 is 6.09 Å². The number of rotatable bonds is 2. The van der Waals surface area contributed by atoms with Crippen LogP contribution < -0.4 is 5.73 Å².